The summed E-state index contributed by atoms with van der Waals surface area (Å²) in [6, 6.07) is 13.2. The molecule has 7 N–H and O–H groups in total. The van der Waals surface area contributed by atoms with E-state index in [9.17, 15) is 39.2 Å². The number of nitro groups is 1. The Labute approximate surface area is 319 Å². The number of amides is 5. The van der Waals surface area contributed by atoms with Crippen molar-refractivity contribution in [1.29, 1.82) is 0 Å². The summed E-state index contributed by atoms with van der Waals surface area (Å²) in [6.45, 7) is 0.551. The minimum absolute atomic E-state index is 0.0258. The summed E-state index contributed by atoms with van der Waals surface area (Å²) in [5.41, 5.74) is 13.2. The van der Waals surface area contributed by atoms with Crippen LogP contribution in [0.5, 0.6) is 5.75 Å². The number of phenolic OH excluding ortho intramolecular Hbond substituents is 1. The van der Waals surface area contributed by atoms with Crippen molar-refractivity contribution in [2.24, 2.45) is 11.5 Å². The largest absolute Gasteiger partial charge is 0.508 e. The monoisotopic (exact) mass is 778 g/mol. The maximum absolute atomic E-state index is 14.3. The Kier molecular flexibility index (Phi) is 13.9. The predicted octanol–water partition coefficient (Wildman–Crippen LogP) is 1.69. The summed E-state index contributed by atoms with van der Waals surface area (Å²) in [7, 11) is 2.03. The Morgan fingerprint density at radius 2 is 1.44 bits per heavy atom. The molecule has 0 saturated carbocycles. The van der Waals surface area contributed by atoms with Crippen LogP contribution in [-0.4, -0.2) is 103 Å². The van der Waals surface area contributed by atoms with E-state index >= 15 is 0 Å². The molecular formula is C36H42N8O8S2. The number of benzene rings is 2. The van der Waals surface area contributed by atoms with Crippen LogP contribution < -0.4 is 22.1 Å². The molecule has 54 heavy (non-hydrogen) atoms. The second-order valence-corrected chi connectivity index (χ2v) is 15.4. The fraction of sp³-hybridized carbons (Fsp3) is 0.389. The van der Waals surface area contributed by atoms with Crippen molar-refractivity contribution in [1.82, 2.24) is 25.4 Å². The number of pyridine rings is 1. The molecule has 0 aliphatic carbocycles. The van der Waals surface area contributed by atoms with Crippen LogP contribution in [0.25, 0.3) is 0 Å². The topological polar surface area (TPSA) is 244 Å². The Morgan fingerprint density at radius 3 is 2.06 bits per heavy atom. The molecule has 18 heteroatoms. The van der Waals surface area contributed by atoms with Crippen LogP contribution in [0, 0.1) is 10.1 Å². The van der Waals surface area contributed by atoms with Gasteiger partial charge in [0.1, 0.15) is 29.9 Å². The minimum atomic E-state index is -1.15. The number of rotatable bonds is 16. The minimum Gasteiger partial charge on any atom is -0.508 e. The van der Waals surface area contributed by atoms with Gasteiger partial charge in [0.05, 0.1) is 11.0 Å². The van der Waals surface area contributed by atoms with Gasteiger partial charge in [0.2, 0.25) is 29.5 Å². The molecule has 1 aromatic heterocycles. The van der Waals surface area contributed by atoms with Crippen molar-refractivity contribution in [3.8, 4) is 5.75 Å². The van der Waals surface area contributed by atoms with Gasteiger partial charge in [-0.3, -0.25) is 34.1 Å². The lowest BCUT2D eigenvalue weighted by Gasteiger charge is -2.31. The average molecular weight is 779 g/mol. The quantitative estimate of drug-likeness (QED) is 0.0793. The number of aromatic hydroxyl groups is 1. The van der Waals surface area contributed by atoms with Gasteiger partial charge in [0, 0.05) is 37.5 Å². The number of nitrogens with two attached hydrogens (primary N) is 2. The number of hydrogen-bond donors (Lipinski definition) is 5. The maximum atomic E-state index is 14.3. The first kappa shape index (κ1) is 40.0. The fourth-order valence-corrected chi connectivity index (χ4v) is 8.74. The predicted molar refractivity (Wildman–Crippen MR) is 202 cm³/mol. The fourth-order valence-electron chi connectivity index (χ4n) is 6.52. The highest BCUT2D eigenvalue weighted by Crippen LogP contribution is 2.35. The number of likely N-dealkylation sites (tertiary alicyclic amines) is 2. The molecule has 2 aromatic carbocycles. The third-order valence-electron chi connectivity index (χ3n) is 9.26. The Balaban J connectivity index is 1.25. The summed E-state index contributed by atoms with van der Waals surface area (Å²) in [5, 5.41) is 26.6. The van der Waals surface area contributed by atoms with Crippen LogP contribution >= 0.6 is 21.6 Å². The molecule has 0 bridgehead atoms. The summed E-state index contributed by atoms with van der Waals surface area (Å²) >= 11 is 0. The molecule has 286 valence electrons. The van der Waals surface area contributed by atoms with E-state index in [1.807, 2.05) is 30.3 Å². The zero-order valence-corrected chi connectivity index (χ0v) is 30.9. The van der Waals surface area contributed by atoms with Crippen molar-refractivity contribution >= 4 is 56.8 Å². The number of nitrogens with one attached hydrogen (secondary N) is 2. The van der Waals surface area contributed by atoms with Gasteiger partial charge in [-0.2, -0.15) is 0 Å². The number of hydrogen-bond acceptors (Lipinski definition) is 12. The van der Waals surface area contributed by atoms with E-state index in [2.05, 4.69) is 15.6 Å². The van der Waals surface area contributed by atoms with Crippen molar-refractivity contribution in [3.05, 3.63) is 94.2 Å². The van der Waals surface area contributed by atoms with Gasteiger partial charge >= 0.3 is 5.69 Å². The van der Waals surface area contributed by atoms with Gasteiger partial charge in [-0.25, -0.2) is 4.98 Å². The van der Waals surface area contributed by atoms with Crippen LogP contribution in [-0.2, 0) is 36.8 Å². The molecule has 0 radical (unpaired) electrons. The normalized spacial score (nSPS) is 18.4. The third-order valence-corrected chi connectivity index (χ3v) is 11.6. The number of primary amides is 1. The smallest absolute Gasteiger partial charge is 0.302 e. The summed E-state index contributed by atoms with van der Waals surface area (Å²) in [4.78, 5) is 85.2. The Bertz CT molecular complexity index is 1840. The number of phenols is 1. The lowest BCUT2D eigenvalue weighted by Crippen LogP contribution is -2.59. The molecule has 16 nitrogen and oxygen atoms in total. The highest BCUT2D eigenvalue weighted by atomic mass is 33.1. The number of carbonyl (C=O) groups excluding carboxylic acids is 5. The number of carbonyl (C=O) groups is 5. The lowest BCUT2D eigenvalue weighted by molar-refractivity contribution is -0.388. The zero-order chi connectivity index (χ0) is 38.8. The maximum Gasteiger partial charge on any atom is 0.302 e. The second kappa shape index (κ2) is 18.7. The van der Waals surface area contributed by atoms with Crippen molar-refractivity contribution < 1.29 is 34.0 Å². The molecule has 5 atom stereocenters. The van der Waals surface area contributed by atoms with Gasteiger partial charge in [-0.05, 0) is 72.2 Å². The molecule has 2 fully saturated rings. The molecule has 3 aromatic rings. The van der Waals surface area contributed by atoms with Gasteiger partial charge in [-0.1, -0.05) is 53.3 Å². The van der Waals surface area contributed by atoms with Crippen LogP contribution in [0.3, 0.4) is 0 Å². The lowest BCUT2D eigenvalue weighted by atomic mass is 10.0. The highest BCUT2D eigenvalue weighted by Gasteiger charge is 2.41. The van der Waals surface area contributed by atoms with Crippen molar-refractivity contribution in [3.63, 3.8) is 0 Å². The van der Waals surface area contributed by atoms with Gasteiger partial charge in [0.15, 0.2) is 5.03 Å². The van der Waals surface area contributed by atoms with Crippen LogP contribution in [0.4, 0.5) is 5.69 Å². The van der Waals surface area contributed by atoms with E-state index in [1.54, 1.807) is 12.1 Å². The zero-order valence-electron chi connectivity index (χ0n) is 29.2. The highest BCUT2D eigenvalue weighted by molar-refractivity contribution is 8.76. The van der Waals surface area contributed by atoms with Crippen LogP contribution in [0.1, 0.15) is 36.8 Å². The second-order valence-electron chi connectivity index (χ2n) is 13.0. The van der Waals surface area contributed by atoms with Gasteiger partial charge < -0.3 is 37.0 Å². The standard InChI is InChI=1S/C36H42N8O8S2/c37-25(19-23-12-14-24(45)15-13-23)35(49)42-17-5-10-28(42)32(47)40-26(20-22-7-2-1-3-8-22)36(50)43-18-6-11-29(43)33(48)41-27(31(38)46)21-53-54-34-30(44(51)52)9-4-16-39-34/h1-4,7-9,12-16,25-29,45H,5-6,10-11,17-21,37H2,(H2,38,46)(H,40,47)(H,41,48)/t25-,26-,27-,28-,29-/m0/s1. The van der Waals surface area contributed by atoms with Gasteiger partial charge in [0.25, 0.3) is 0 Å². The number of aromatic nitrogens is 1. The molecule has 0 unspecified atom stereocenters. The first-order valence-corrected chi connectivity index (χ1v) is 19.7. The van der Waals surface area contributed by atoms with Crippen LogP contribution in [0.15, 0.2) is 78.0 Å². The summed E-state index contributed by atoms with van der Waals surface area (Å²) in [5.74, 6) is -2.76. The molecule has 5 rings (SSSR count). The van der Waals surface area contributed by atoms with E-state index in [0.29, 0.717) is 32.2 Å². The number of nitrogens with zero attached hydrogens (tertiary/aromatic N) is 4. The van der Waals surface area contributed by atoms with E-state index in [1.165, 1.54) is 40.3 Å². The molecule has 3 heterocycles. The average Bonchev–Trinajstić information content (AvgIpc) is 3.86. The molecule has 2 aliphatic rings. The first-order chi connectivity index (χ1) is 25.9. The van der Waals surface area contributed by atoms with Crippen LogP contribution in [0.2, 0.25) is 0 Å². The van der Waals surface area contributed by atoms with Crippen molar-refractivity contribution in [2.75, 3.05) is 18.8 Å². The SMILES string of the molecule is NC(=O)[C@H](CSSc1ncccc1[N+](=O)[O-])NC(=O)[C@@H]1CCCN1C(=O)[C@H](Cc1ccccc1)NC(=O)[C@@H]1CCCN1C(=O)[C@@H](N)Cc1ccc(O)cc1. The third kappa shape index (κ3) is 10.3. The summed E-state index contributed by atoms with van der Waals surface area (Å²) < 4.78 is 0. The van der Waals surface area contributed by atoms with E-state index in [0.717, 1.165) is 32.7 Å². The molecule has 0 spiro atoms. The molecule has 2 saturated heterocycles. The summed E-state index contributed by atoms with van der Waals surface area (Å²) in [6.07, 6.45) is 3.48. The first-order valence-electron chi connectivity index (χ1n) is 17.4. The Morgan fingerprint density at radius 1 is 0.852 bits per heavy atom. The van der Waals surface area contributed by atoms with Gasteiger partial charge in [-0.15, -0.1) is 0 Å². The Hall–Kier alpha value is -5.20. The van der Waals surface area contributed by atoms with Crippen molar-refractivity contribution in [2.45, 2.75) is 73.8 Å². The molecule has 5 amide bonds. The van der Waals surface area contributed by atoms with E-state index < -0.39 is 64.7 Å². The molecule has 2 aliphatic heterocycles. The van der Waals surface area contributed by atoms with E-state index in [-0.39, 0.29) is 41.6 Å². The molecular weight excluding hydrogens is 737 g/mol. The van der Waals surface area contributed by atoms with E-state index in [4.69, 9.17) is 11.5 Å².